The fourth-order valence-electron chi connectivity index (χ4n) is 2.00. The lowest BCUT2D eigenvalue weighted by molar-refractivity contribution is -0.209. The largest absolute Gasteiger partial charge is 0.598 e. The van der Waals surface area contributed by atoms with Gasteiger partial charge in [-0.05, 0) is 33.8 Å². The molecule has 138 valence electrons. The van der Waals surface area contributed by atoms with Crippen LogP contribution in [0, 0.1) is 11.6 Å². The second kappa shape index (κ2) is 7.15. The van der Waals surface area contributed by atoms with Gasteiger partial charge in [0.1, 0.15) is 4.75 Å². The number of hydrogen-bond donors (Lipinski definition) is 2. The van der Waals surface area contributed by atoms with Gasteiger partial charge in [0.2, 0.25) is 0 Å². The minimum atomic E-state index is -4.95. The van der Waals surface area contributed by atoms with Crippen molar-refractivity contribution in [3.8, 4) is 0 Å². The van der Waals surface area contributed by atoms with Crippen LogP contribution in [0.3, 0.4) is 0 Å². The van der Waals surface area contributed by atoms with Gasteiger partial charge >= 0.3 is 6.18 Å². The Morgan fingerprint density at radius 2 is 1.71 bits per heavy atom. The van der Waals surface area contributed by atoms with Crippen LogP contribution in [-0.4, -0.2) is 26.7 Å². The SMILES string of the molecule is CC(C)(C)[S+]([O-])N[C@@](C)(C[C@@H](O)C(F)(F)F)c1cccc(F)c1F. The lowest BCUT2D eigenvalue weighted by atomic mass is 9.86. The molecule has 1 aromatic rings. The van der Waals surface area contributed by atoms with Crippen molar-refractivity contribution in [3.05, 3.63) is 35.4 Å². The average Bonchev–Trinajstić information content (AvgIpc) is 2.39. The summed E-state index contributed by atoms with van der Waals surface area (Å²) in [5, 5.41) is 9.38. The first-order valence-corrected chi connectivity index (χ1v) is 8.22. The predicted octanol–water partition coefficient (Wildman–Crippen LogP) is 3.55. The molecule has 3 atom stereocenters. The molecule has 0 bridgehead atoms. The summed E-state index contributed by atoms with van der Waals surface area (Å²) in [5.74, 6) is -2.60. The van der Waals surface area contributed by atoms with Crippen molar-refractivity contribution in [3.63, 3.8) is 0 Å². The van der Waals surface area contributed by atoms with Crippen molar-refractivity contribution in [1.82, 2.24) is 4.72 Å². The minimum Gasteiger partial charge on any atom is -0.598 e. The van der Waals surface area contributed by atoms with E-state index in [1.54, 1.807) is 20.8 Å². The lowest BCUT2D eigenvalue weighted by Crippen LogP contribution is -2.53. The molecule has 9 heteroatoms. The Morgan fingerprint density at radius 3 is 2.17 bits per heavy atom. The second-order valence-corrected chi connectivity index (χ2v) is 8.64. The normalized spacial score (nSPS) is 18.1. The highest BCUT2D eigenvalue weighted by atomic mass is 32.2. The van der Waals surface area contributed by atoms with Crippen molar-refractivity contribution in [1.29, 1.82) is 0 Å². The Kier molecular flexibility index (Phi) is 6.30. The predicted molar refractivity (Wildman–Crippen MR) is 81.4 cm³/mol. The topological polar surface area (TPSA) is 55.3 Å². The molecule has 0 radical (unpaired) electrons. The molecule has 0 aromatic heterocycles. The molecule has 0 fully saturated rings. The van der Waals surface area contributed by atoms with Gasteiger partial charge in [0.05, 0.1) is 5.54 Å². The highest BCUT2D eigenvalue weighted by Crippen LogP contribution is 2.36. The summed E-state index contributed by atoms with van der Waals surface area (Å²) < 4.78 is 79.6. The van der Waals surface area contributed by atoms with Crippen LogP contribution in [0.1, 0.15) is 39.7 Å². The number of aliphatic hydroxyl groups excluding tert-OH is 1. The Morgan fingerprint density at radius 1 is 1.17 bits per heavy atom. The van der Waals surface area contributed by atoms with Crippen LogP contribution in [0.2, 0.25) is 0 Å². The summed E-state index contributed by atoms with van der Waals surface area (Å²) in [6, 6.07) is 3.04. The van der Waals surface area contributed by atoms with E-state index in [-0.39, 0.29) is 0 Å². The maximum Gasteiger partial charge on any atom is 0.414 e. The molecule has 24 heavy (non-hydrogen) atoms. The van der Waals surface area contributed by atoms with E-state index in [0.29, 0.717) is 0 Å². The number of hydrogen-bond acceptors (Lipinski definition) is 3. The van der Waals surface area contributed by atoms with Gasteiger partial charge in [0, 0.05) is 23.3 Å². The molecule has 0 spiro atoms. The molecule has 0 amide bonds. The Labute approximate surface area is 140 Å². The van der Waals surface area contributed by atoms with E-state index >= 15 is 0 Å². The van der Waals surface area contributed by atoms with Crippen molar-refractivity contribution < 1.29 is 31.6 Å². The summed E-state index contributed by atoms with van der Waals surface area (Å²) in [7, 11) is 0. The number of aliphatic hydroxyl groups is 1. The Hall–Kier alpha value is -0.900. The molecule has 0 saturated heterocycles. The maximum atomic E-state index is 14.1. The molecule has 3 nitrogen and oxygen atoms in total. The van der Waals surface area contributed by atoms with Crippen molar-refractivity contribution in [2.75, 3.05) is 0 Å². The molecule has 0 saturated carbocycles. The fourth-order valence-corrected chi connectivity index (χ4v) is 2.91. The van der Waals surface area contributed by atoms with Crippen molar-refractivity contribution in [2.24, 2.45) is 0 Å². The summed E-state index contributed by atoms with van der Waals surface area (Å²) in [6.07, 6.45) is -8.77. The van der Waals surface area contributed by atoms with Gasteiger partial charge in [0.25, 0.3) is 0 Å². The third-order valence-electron chi connectivity index (χ3n) is 3.40. The van der Waals surface area contributed by atoms with E-state index in [1.807, 2.05) is 0 Å². The molecule has 0 aliphatic carbocycles. The number of halogens is 5. The van der Waals surface area contributed by atoms with Crippen LogP contribution >= 0.6 is 0 Å². The monoisotopic (exact) mass is 373 g/mol. The fraction of sp³-hybridized carbons (Fsp3) is 0.600. The number of alkyl halides is 3. The lowest BCUT2D eigenvalue weighted by Gasteiger charge is -2.36. The summed E-state index contributed by atoms with van der Waals surface area (Å²) >= 11 is -1.88. The zero-order valence-electron chi connectivity index (χ0n) is 13.7. The third kappa shape index (κ3) is 5.05. The van der Waals surface area contributed by atoms with E-state index in [0.717, 1.165) is 25.1 Å². The molecule has 0 heterocycles. The van der Waals surface area contributed by atoms with Crippen molar-refractivity contribution in [2.45, 2.75) is 56.7 Å². The van der Waals surface area contributed by atoms with E-state index < -0.39 is 57.5 Å². The smallest absolute Gasteiger partial charge is 0.414 e. The third-order valence-corrected chi connectivity index (χ3v) is 5.15. The van der Waals surface area contributed by atoms with Crippen molar-refractivity contribution >= 4 is 11.4 Å². The van der Waals surface area contributed by atoms with Crippen LogP contribution in [0.15, 0.2) is 18.2 Å². The first-order valence-electron chi connectivity index (χ1n) is 7.07. The standard InChI is InChI=1S/C15H20F5NO2S/c1-13(2,3)24(23)21-14(4,8-11(22)15(18,19)20)9-6-5-7-10(16)12(9)17/h5-7,11,21-22H,8H2,1-4H3/t11-,14+,24?/m1/s1. The summed E-state index contributed by atoms with van der Waals surface area (Å²) in [5.41, 5.74) is -2.34. The highest BCUT2D eigenvalue weighted by molar-refractivity contribution is 7.90. The van der Waals surface area contributed by atoms with Gasteiger partial charge in [-0.1, -0.05) is 12.1 Å². The summed E-state index contributed by atoms with van der Waals surface area (Å²) in [4.78, 5) is 0. The number of rotatable bonds is 5. The molecule has 1 rings (SSSR count). The molecule has 1 unspecified atom stereocenters. The van der Waals surface area contributed by atoms with Gasteiger partial charge in [-0.3, -0.25) is 0 Å². The van der Waals surface area contributed by atoms with Crippen LogP contribution in [0.5, 0.6) is 0 Å². The number of nitrogens with one attached hydrogen (secondary N) is 1. The Bertz CT molecular complexity index is 552. The van der Waals surface area contributed by atoms with Crippen LogP contribution < -0.4 is 4.72 Å². The first kappa shape index (κ1) is 21.1. The number of benzene rings is 1. The molecule has 0 aliphatic rings. The molecular formula is C15H20F5NO2S. The zero-order valence-corrected chi connectivity index (χ0v) is 14.5. The summed E-state index contributed by atoms with van der Waals surface area (Å²) in [6.45, 7) is 5.85. The van der Waals surface area contributed by atoms with E-state index in [2.05, 4.69) is 4.72 Å². The van der Waals surface area contributed by atoms with Gasteiger partial charge in [-0.25, -0.2) is 8.78 Å². The quantitative estimate of drug-likeness (QED) is 0.613. The van der Waals surface area contributed by atoms with E-state index in [1.165, 1.54) is 0 Å². The van der Waals surface area contributed by atoms with Crippen LogP contribution in [-0.2, 0) is 16.9 Å². The zero-order chi connectivity index (χ0) is 18.9. The van der Waals surface area contributed by atoms with Gasteiger partial charge in [-0.15, -0.1) is 4.72 Å². The highest BCUT2D eigenvalue weighted by Gasteiger charge is 2.47. The molecule has 1 aromatic carbocycles. The van der Waals surface area contributed by atoms with Gasteiger partial charge in [-0.2, -0.15) is 13.2 Å². The molecule has 2 N–H and O–H groups in total. The second-order valence-electron chi connectivity index (χ2n) is 6.68. The van der Waals surface area contributed by atoms with Crippen LogP contribution in [0.25, 0.3) is 0 Å². The Balaban J connectivity index is 3.32. The minimum absolute atomic E-state index is 0.441. The van der Waals surface area contributed by atoms with E-state index in [4.69, 9.17) is 0 Å². The molecule has 0 aliphatic heterocycles. The van der Waals surface area contributed by atoms with Gasteiger partial charge < -0.3 is 9.66 Å². The van der Waals surface area contributed by atoms with E-state index in [9.17, 15) is 31.6 Å². The molecular weight excluding hydrogens is 353 g/mol. The maximum absolute atomic E-state index is 14.1. The van der Waals surface area contributed by atoms with Crippen LogP contribution in [0.4, 0.5) is 22.0 Å². The first-order chi connectivity index (χ1) is 10.7. The van der Waals surface area contributed by atoms with Gasteiger partial charge in [0.15, 0.2) is 17.7 Å². The average molecular weight is 373 g/mol.